The van der Waals surface area contributed by atoms with Crippen LogP contribution in [0.4, 0.5) is 14.5 Å². The number of nitrogens with two attached hydrogens (primary N) is 1. The van der Waals surface area contributed by atoms with Gasteiger partial charge in [0.15, 0.2) is 17.4 Å². The van der Waals surface area contributed by atoms with E-state index >= 15 is 0 Å². The summed E-state index contributed by atoms with van der Waals surface area (Å²) in [6.07, 6.45) is -0.864. The number of halogens is 2. The number of anilines is 1. The molecular weight excluding hydrogens is 1100 g/mol. The Balaban J connectivity index is 0.858. The molecule has 2 aliphatic heterocycles. The number of hydrogen-bond donors (Lipinski definition) is 10. The van der Waals surface area contributed by atoms with Crippen molar-refractivity contribution in [3.05, 3.63) is 142 Å². The minimum Gasteiger partial charge on any atom is -0.505 e. The van der Waals surface area contributed by atoms with Crippen molar-refractivity contribution in [3.63, 3.8) is 0 Å². The second-order valence-electron chi connectivity index (χ2n) is 20.0. The molecular formula is C56H49F2N7O16S. The van der Waals surface area contributed by atoms with Crippen LogP contribution in [0.3, 0.4) is 0 Å². The number of benzene rings is 5. The lowest BCUT2D eigenvalue weighted by molar-refractivity contribution is -0.143. The van der Waals surface area contributed by atoms with E-state index < -0.39 is 159 Å². The molecule has 2 heterocycles. The number of aliphatic carboxylic acids is 2. The van der Waals surface area contributed by atoms with Gasteiger partial charge in [0.25, 0.3) is 0 Å². The zero-order valence-electron chi connectivity index (χ0n) is 42.9. The number of phenolic OH excluding ortho intramolecular Hbond substituents is 1. The van der Waals surface area contributed by atoms with E-state index in [4.69, 9.17) is 10.2 Å². The fourth-order valence-corrected chi connectivity index (χ4v) is 11.3. The fourth-order valence-electron chi connectivity index (χ4n) is 10.1. The Morgan fingerprint density at radius 1 is 0.780 bits per heavy atom. The van der Waals surface area contributed by atoms with Gasteiger partial charge in [-0.3, -0.25) is 43.2 Å². The number of aromatic hydroxyl groups is 1. The Morgan fingerprint density at radius 3 is 2.10 bits per heavy atom. The highest BCUT2D eigenvalue weighted by Crippen LogP contribution is 2.52. The summed E-state index contributed by atoms with van der Waals surface area (Å²) in [4.78, 5) is 146. The minimum atomic E-state index is -2.25. The van der Waals surface area contributed by atoms with E-state index in [1.165, 1.54) is 6.92 Å². The molecule has 9 rings (SSSR count). The Hall–Kier alpha value is -9.56. The van der Waals surface area contributed by atoms with Gasteiger partial charge in [0.2, 0.25) is 46.8 Å². The van der Waals surface area contributed by atoms with E-state index in [0.29, 0.717) is 22.2 Å². The van der Waals surface area contributed by atoms with Crippen molar-refractivity contribution < 1.29 is 81.6 Å². The number of imide groups is 1. The van der Waals surface area contributed by atoms with Crippen LogP contribution in [0.1, 0.15) is 53.6 Å². The molecule has 0 spiro atoms. The highest BCUT2D eigenvalue weighted by Gasteiger charge is 2.66. The van der Waals surface area contributed by atoms with Crippen molar-refractivity contribution in [2.45, 2.75) is 73.0 Å². The Labute approximate surface area is 465 Å². The predicted octanol–water partition coefficient (Wildman–Crippen LogP) is 2.37. The molecule has 0 aromatic heterocycles. The summed E-state index contributed by atoms with van der Waals surface area (Å²) >= 11 is 0.610. The van der Waals surface area contributed by atoms with Crippen LogP contribution in [0.5, 0.6) is 5.75 Å². The summed E-state index contributed by atoms with van der Waals surface area (Å²) < 4.78 is 35.2. The van der Waals surface area contributed by atoms with Crippen LogP contribution in [-0.2, 0) is 49.6 Å². The van der Waals surface area contributed by atoms with Gasteiger partial charge in [-0.05, 0) is 53.8 Å². The molecule has 424 valence electrons. The van der Waals surface area contributed by atoms with Gasteiger partial charge in [0.05, 0.1) is 22.4 Å². The van der Waals surface area contributed by atoms with Gasteiger partial charge >= 0.3 is 17.9 Å². The van der Waals surface area contributed by atoms with Gasteiger partial charge in [-0.25, -0.2) is 23.3 Å². The average Bonchev–Trinajstić information content (AvgIpc) is 4.55. The highest BCUT2D eigenvalue weighted by atomic mass is 32.2. The number of carboxylic acid groups (broad SMARTS) is 3. The van der Waals surface area contributed by atoms with Gasteiger partial charge in [-0.2, -0.15) is 0 Å². The highest BCUT2D eigenvalue weighted by molar-refractivity contribution is 8.00. The molecule has 4 aromatic rings. The monoisotopic (exact) mass is 1150 g/mol. The topological polar surface area (TPSA) is 371 Å². The first kappa shape index (κ1) is 57.1. The van der Waals surface area contributed by atoms with E-state index in [1.807, 2.05) is 0 Å². The Bertz CT molecular complexity index is 3700. The number of phenols is 1. The second-order valence-corrected chi connectivity index (χ2v) is 21.2. The molecule has 4 aromatic carbocycles. The van der Waals surface area contributed by atoms with Crippen LogP contribution < -0.4 is 42.6 Å². The van der Waals surface area contributed by atoms with Crippen LogP contribution in [0.15, 0.2) is 112 Å². The van der Waals surface area contributed by atoms with Crippen molar-refractivity contribution in [1.29, 1.82) is 0 Å². The van der Waals surface area contributed by atoms with Crippen LogP contribution in [0, 0.1) is 17.6 Å². The van der Waals surface area contributed by atoms with Crippen molar-refractivity contribution in [2.24, 2.45) is 11.7 Å². The molecule has 7 amide bonds. The summed E-state index contributed by atoms with van der Waals surface area (Å²) in [7, 11) is 0. The molecule has 8 atom stereocenters. The zero-order valence-corrected chi connectivity index (χ0v) is 43.7. The van der Waals surface area contributed by atoms with E-state index in [2.05, 4.69) is 26.6 Å². The van der Waals surface area contributed by atoms with Crippen LogP contribution in [0.25, 0.3) is 33.4 Å². The maximum absolute atomic E-state index is 14.8. The average molecular weight is 1150 g/mol. The summed E-state index contributed by atoms with van der Waals surface area (Å²) in [6.45, 7) is 0.651. The second kappa shape index (κ2) is 22.5. The maximum atomic E-state index is 14.8. The first-order valence-electron chi connectivity index (χ1n) is 25.2. The Morgan fingerprint density at radius 2 is 1.45 bits per heavy atom. The van der Waals surface area contributed by atoms with E-state index in [0.717, 1.165) is 48.0 Å². The summed E-state index contributed by atoms with van der Waals surface area (Å²) in [6, 6.07) is 19.2. The molecule has 3 fully saturated rings. The third kappa shape index (κ3) is 11.3. The number of rotatable bonds is 21. The molecule has 11 N–H and O–H groups in total. The third-order valence-electron chi connectivity index (χ3n) is 14.5. The maximum Gasteiger partial charge on any atom is 0.336 e. The smallest absolute Gasteiger partial charge is 0.336 e. The number of thioether (sulfide) groups is 1. The van der Waals surface area contributed by atoms with Gasteiger partial charge in [-0.15, -0.1) is 11.8 Å². The van der Waals surface area contributed by atoms with E-state index in [9.17, 15) is 81.9 Å². The number of amides is 7. The molecule has 1 saturated heterocycles. The molecule has 0 radical (unpaired) electrons. The van der Waals surface area contributed by atoms with E-state index in [1.54, 1.807) is 60.7 Å². The Kier molecular flexibility index (Phi) is 15.7. The fraction of sp³-hybridized carbons (Fsp3) is 0.268. The van der Waals surface area contributed by atoms with Crippen LogP contribution in [0.2, 0.25) is 0 Å². The molecule has 23 nitrogen and oxygen atoms in total. The number of carbonyl (C=O) groups excluding carboxylic acids is 7. The zero-order chi connectivity index (χ0) is 59.1. The van der Waals surface area contributed by atoms with Gasteiger partial charge in [0, 0.05) is 66.6 Å². The minimum absolute atomic E-state index is 0.0386. The lowest BCUT2D eigenvalue weighted by Gasteiger charge is -2.25. The molecule has 0 bridgehead atoms. The number of nitrogens with one attached hydrogen (secondary N) is 5. The number of nitrogens with zero attached hydrogens (tertiary/aromatic N) is 1. The lowest BCUT2D eigenvalue weighted by Crippen LogP contribution is -2.60. The van der Waals surface area contributed by atoms with Gasteiger partial charge in [0.1, 0.15) is 40.5 Å². The van der Waals surface area contributed by atoms with Crippen molar-refractivity contribution in [2.75, 3.05) is 17.2 Å². The standard InChI is InChI=1S/C56H49F2N7O16S/c1-25(66)63-55(21-33(55)27-10-6-3-7-11-27)53(79)61-38(14-26-8-4-2-5-9-26)48(71)60-23-37(59)47(70)64-56(22-34(56)51(75)76)54(80)62-39(52(77)78)24-82-44-20-45(69)65(49(44)72)28-12-13-29(30(15-28)50(73)74)46-31-16-35(57)40(67)18-42(31)81-43-19-41(68)36(58)17-32(43)46/h2-13,15-19,33-34,37-39,44,67H,14,20-24,59H2,1H3,(H,60,71)(H,61,79)(H,62,80)(H,63,66)(H,64,70)(H,73,74)(H,75,76)(H,77,78)/t33-,34-,37-,38-,39-,44?,55?,56?/m0/s1. The molecule has 3 aliphatic carbocycles. The number of carboxylic acids is 3. The molecule has 3 unspecified atom stereocenters. The SMILES string of the molecule is CC(=O)NC1(C(=O)N[C@@H](Cc2ccccc2)C(=O)NC[C@H](N)C(=O)NC2(C(=O)N[C@@H](CSC3CC(=O)N(c4ccc(-c5c6cc(F)c(=O)cc-6oc6cc(O)c(F)cc56)c(C(=O)O)c4)C3=O)C(=O)O)C[C@H]2C(=O)O)C[C@H]1c1ccccc1. The van der Waals surface area contributed by atoms with Gasteiger partial charge in [-0.1, -0.05) is 66.7 Å². The van der Waals surface area contributed by atoms with Crippen LogP contribution >= 0.6 is 11.8 Å². The van der Waals surface area contributed by atoms with Crippen LogP contribution in [-0.4, -0.2) is 126 Å². The van der Waals surface area contributed by atoms with E-state index in [-0.39, 0.29) is 51.9 Å². The third-order valence-corrected chi connectivity index (χ3v) is 15.8. The predicted molar refractivity (Wildman–Crippen MR) is 286 cm³/mol. The number of hydrogen-bond acceptors (Lipinski definition) is 15. The summed E-state index contributed by atoms with van der Waals surface area (Å²) in [5.41, 5.74) is 1.24. The first-order chi connectivity index (χ1) is 38.9. The first-order valence-corrected chi connectivity index (χ1v) is 26.2. The number of aromatic carboxylic acids is 1. The summed E-state index contributed by atoms with van der Waals surface area (Å²) in [5.74, 6) is -17.1. The van der Waals surface area contributed by atoms with Crippen molar-refractivity contribution >= 4 is 87.7 Å². The molecule has 5 aliphatic rings. The summed E-state index contributed by atoms with van der Waals surface area (Å²) in [5, 5.41) is 51.7. The largest absolute Gasteiger partial charge is 0.505 e. The van der Waals surface area contributed by atoms with Crippen molar-refractivity contribution in [1.82, 2.24) is 26.6 Å². The molecule has 82 heavy (non-hydrogen) atoms. The van der Waals surface area contributed by atoms with Crippen molar-refractivity contribution in [3.8, 4) is 28.2 Å². The van der Waals surface area contributed by atoms with Gasteiger partial charge < -0.3 is 57.2 Å². The quantitative estimate of drug-likeness (QED) is 0.0365. The number of carbonyl (C=O) groups is 10. The number of fused-ring (bicyclic) bond motifs is 2. The lowest BCUT2D eigenvalue weighted by atomic mass is 9.90. The molecule has 26 heteroatoms. The normalized spacial score (nSPS) is 21.0. The molecule has 2 saturated carbocycles.